The summed E-state index contributed by atoms with van der Waals surface area (Å²) in [4.78, 5) is 3.94. The van der Waals surface area contributed by atoms with Gasteiger partial charge in [-0.3, -0.25) is 0 Å². The average molecular weight is 966 g/mol. The highest BCUT2D eigenvalue weighted by Crippen LogP contribution is 2.59. The van der Waals surface area contributed by atoms with Gasteiger partial charge in [0.05, 0.1) is 32.5 Å². The van der Waals surface area contributed by atoms with Crippen LogP contribution in [0.3, 0.4) is 0 Å². The molecule has 74 heavy (non-hydrogen) atoms. The SMILES string of the molecule is CC1CC2=C(c3ccccc3C2(C)C)c2sc3c(N(c4ccc(-c5ccc6c(c5)c5ccccc5n6-c5ccccc5)cc4)c4ccc(-c5ccc6c(c5)c5ccccc5n6-c5ccccc5)cc4)cccc3c21. The van der Waals surface area contributed by atoms with Gasteiger partial charge in [0, 0.05) is 54.6 Å². The summed E-state index contributed by atoms with van der Waals surface area (Å²) in [7, 11) is 0. The maximum atomic E-state index is 2.50. The Balaban J connectivity index is 0.868. The van der Waals surface area contributed by atoms with Gasteiger partial charge in [-0.15, -0.1) is 11.3 Å². The largest absolute Gasteiger partial charge is 0.309 e. The van der Waals surface area contributed by atoms with E-state index in [0.29, 0.717) is 5.92 Å². The predicted molar refractivity (Wildman–Crippen MR) is 315 cm³/mol. The van der Waals surface area contributed by atoms with Crippen LogP contribution in [0.4, 0.5) is 17.1 Å². The van der Waals surface area contributed by atoms with Crippen LogP contribution in [0.5, 0.6) is 0 Å². The average Bonchev–Trinajstić information content (AvgIpc) is 4.20. The summed E-state index contributed by atoms with van der Waals surface area (Å²) in [6, 6.07) is 87.6. The fourth-order valence-corrected chi connectivity index (χ4v) is 14.4. The van der Waals surface area contributed by atoms with Crippen LogP contribution in [0.15, 0.2) is 242 Å². The highest BCUT2D eigenvalue weighted by Gasteiger charge is 2.43. The van der Waals surface area contributed by atoms with Crippen LogP contribution in [-0.4, -0.2) is 9.13 Å². The summed E-state index contributed by atoms with van der Waals surface area (Å²) >= 11 is 1.99. The Morgan fingerprint density at radius 3 is 1.49 bits per heavy atom. The molecule has 0 fully saturated rings. The van der Waals surface area contributed by atoms with E-state index in [1.807, 2.05) is 11.3 Å². The molecule has 3 nitrogen and oxygen atoms in total. The maximum Gasteiger partial charge on any atom is 0.0640 e. The Bertz CT molecular complexity index is 4210. The summed E-state index contributed by atoms with van der Waals surface area (Å²) < 4.78 is 6.10. The lowest BCUT2D eigenvalue weighted by Gasteiger charge is -2.30. The zero-order chi connectivity index (χ0) is 49.2. The van der Waals surface area contributed by atoms with Gasteiger partial charge in [-0.05, 0) is 153 Å². The smallest absolute Gasteiger partial charge is 0.0640 e. The first-order valence-electron chi connectivity index (χ1n) is 26.0. The quantitative estimate of drug-likeness (QED) is 0.155. The fraction of sp³-hybridized carbons (Fsp3) is 0.0857. The van der Waals surface area contributed by atoms with Crippen LogP contribution in [0.25, 0.3) is 92.9 Å². The summed E-state index contributed by atoms with van der Waals surface area (Å²) in [5.74, 6) is 0.409. The van der Waals surface area contributed by atoms with Gasteiger partial charge in [0.25, 0.3) is 0 Å². The molecule has 0 bridgehead atoms. The second kappa shape index (κ2) is 16.4. The van der Waals surface area contributed by atoms with Crippen LogP contribution < -0.4 is 4.90 Å². The minimum absolute atomic E-state index is 0.000599. The minimum atomic E-state index is -0.000599. The van der Waals surface area contributed by atoms with Gasteiger partial charge < -0.3 is 14.0 Å². The van der Waals surface area contributed by atoms with E-state index in [1.54, 1.807) is 5.57 Å². The molecule has 2 aliphatic rings. The number of hydrogen-bond donors (Lipinski definition) is 0. The highest BCUT2D eigenvalue weighted by molar-refractivity contribution is 7.21. The molecular formula is C70H51N3S. The number of aromatic nitrogens is 2. The Morgan fingerprint density at radius 1 is 0.446 bits per heavy atom. The van der Waals surface area contributed by atoms with Crippen molar-refractivity contribution in [1.29, 1.82) is 0 Å². The van der Waals surface area contributed by atoms with Crippen molar-refractivity contribution >= 4 is 87.7 Å². The third kappa shape index (κ3) is 6.38. The van der Waals surface area contributed by atoms with E-state index in [2.05, 4.69) is 271 Å². The van der Waals surface area contributed by atoms with Gasteiger partial charge in [-0.2, -0.15) is 0 Å². The van der Waals surface area contributed by atoms with Crippen molar-refractivity contribution in [2.45, 2.75) is 38.5 Å². The van der Waals surface area contributed by atoms with Gasteiger partial charge >= 0.3 is 0 Å². The standard InChI is InChI=1S/C70H51N3S/c1-44-41-60-67(55-23-10-13-25-59(55)70(60,2)3)69-66(44)56-24-16-28-65(68(56)74-69)71(51-35-29-45(30-36-51)47-33-39-63-57(42-47)53-21-11-14-26-61(53)72(63)49-17-6-4-7-18-49)52-37-31-46(32-38-52)48-34-40-64-58(43-48)54-22-12-15-27-62(54)73(64)50-19-8-5-9-20-50/h4-40,42-44H,41H2,1-3H3. The van der Waals surface area contributed by atoms with Crippen LogP contribution in [0.1, 0.15) is 54.7 Å². The van der Waals surface area contributed by atoms with Crippen molar-refractivity contribution < 1.29 is 0 Å². The lowest BCUT2D eigenvalue weighted by atomic mass is 9.74. The molecule has 352 valence electrons. The Labute approximate surface area is 435 Å². The second-order valence-corrected chi connectivity index (χ2v) is 21.9. The van der Waals surface area contributed by atoms with Crippen LogP contribution >= 0.6 is 11.3 Å². The summed E-state index contributed by atoms with van der Waals surface area (Å²) in [5.41, 5.74) is 22.8. The highest BCUT2D eigenvalue weighted by atomic mass is 32.1. The predicted octanol–water partition coefficient (Wildman–Crippen LogP) is 19.5. The second-order valence-electron chi connectivity index (χ2n) is 20.9. The summed E-state index contributed by atoms with van der Waals surface area (Å²) in [6.07, 6.45) is 1.07. The molecule has 1 atom stereocenters. The Hall–Kier alpha value is -8.70. The lowest BCUT2D eigenvalue weighted by Crippen LogP contribution is -2.20. The molecule has 15 rings (SSSR count). The van der Waals surface area contributed by atoms with Crippen LogP contribution in [0.2, 0.25) is 0 Å². The van der Waals surface area contributed by atoms with Gasteiger partial charge in [-0.25, -0.2) is 0 Å². The van der Waals surface area contributed by atoms with E-state index in [0.717, 1.165) is 17.8 Å². The molecule has 0 aliphatic heterocycles. The van der Waals surface area contributed by atoms with Crippen molar-refractivity contribution in [1.82, 2.24) is 9.13 Å². The first-order valence-corrected chi connectivity index (χ1v) is 26.8. The molecule has 10 aromatic carbocycles. The maximum absolute atomic E-state index is 2.50. The first kappa shape index (κ1) is 42.9. The molecule has 0 N–H and O–H groups in total. The molecule has 13 aromatic rings. The molecule has 3 aromatic heterocycles. The van der Waals surface area contributed by atoms with E-state index in [4.69, 9.17) is 0 Å². The van der Waals surface area contributed by atoms with Gasteiger partial charge in [-0.1, -0.05) is 172 Å². The van der Waals surface area contributed by atoms with Gasteiger partial charge in [0.15, 0.2) is 0 Å². The number of para-hydroxylation sites is 4. The zero-order valence-corrected chi connectivity index (χ0v) is 42.4. The normalized spacial score (nSPS) is 14.8. The monoisotopic (exact) mass is 965 g/mol. The molecule has 0 saturated carbocycles. The summed E-state index contributed by atoms with van der Waals surface area (Å²) in [5, 5.41) is 6.39. The Kier molecular flexibility index (Phi) is 9.52. The van der Waals surface area contributed by atoms with Crippen LogP contribution in [0, 0.1) is 0 Å². The number of anilines is 3. The molecular weight excluding hydrogens is 915 g/mol. The number of allylic oxidation sites excluding steroid dienone is 1. The number of hydrogen-bond acceptors (Lipinski definition) is 2. The molecule has 0 amide bonds. The molecule has 0 spiro atoms. The molecule has 1 unspecified atom stereocenters. The van der Waals surface area contributed by atoms with Gasteiger partial charge in [0.1, 0.15) is 0 Å². The van der Waals surface area contributed by atoms with E-state index < -0.39 is 0 Å². The van der Waals surface area contributed by atoms with Crippen molar-refractivity contribution in [3.63, 3.8) is 0 Å². The number of thiophene rings is 1. The first-order chi connectivity index (χ1) is 36.4. The minimum Gasteiger partial charge on any atom is -0.309 e. The Morgan fingerprint density at radius 2 is 0.919 bits per heavy atom. The molecule has 0 saturated heterocycles. The number of benzene rings is 10. The van der Waals surface area contributed by atoms with E-state index in [9.17, 15) is 0 Å². The zero-order valence-electron chi connectivity index (χ0n) is 41.6. The topological polar surface area (TPSA) is 13.1 Å². The van der Waals surface area contributed by atoms with E-state index >= 15 is 0 Å². The molecule has 2 aliphatic carbocycles. The summed E-state index contributed by atoms with van der Waals surface area (Å²) in [6.45, 7) is 7.31. The van der Waals surface area contributed by atoms with E-state index in [-0.39, 0.29) is 5.41 Å². The number of nitrogens with zero attached hydrogens (tertiary/aromatic N) is 3. The molecule has 4 heteroatoms. The lowest BCUT2D eigenvalue weighted by molar-refractivity contribution is 0.577. The van der Waals surface area contributed by atoms with Crippen molar-refractivity contribution in [3.8, 4) is 33.6 Å². The number of fused-ring (bicyclic) bond motifs is 12. The third-order valence-electron chi connectivity index (χ3n) is 16.4. The van der Waals surface area contributed by atoms with Crippen molar-refractivity contribution in [2.75, 3.05) is 4.90 Å². The van der Waals surface area contributed by atoms with Gasteiger partial charge in [0.2, 0.25) is 0 Å². The molecule has 0 radical (unpaired) electrons. The third-order valence-corrected chi connectivity index (χ3v) is 17.7. The van der Waals surface area contributed by atoms with Crippen molar-refractivity contribution in [2.24, 2.45) is 0 Å². The number of rotatable bonds is 7. The van der Waals surface area contributed by atoms with E-state index in [1.165, 1.54) is 120 Å². The molecule has 3 heterocycles. The van der Waals surface area contributed by atoms with Crippen LogP contribution in [-0.2, 0) is 5.41 Å². The fourth-order valence-electron chi connectivity index (χ4n) is 12.9. The van der Waals surface area contributed by atoms with Crippen molar-refractivity contribution in [3.05, 3.63) is 264 Å².